The SMILES string of the molecule is CCOC(=O)C(C#N)=C1N=C(OC)NC(=C(C#N)C(=O)OCC)N1. The van der Waals surface area contributed by atoms with Crippen molar-refractivity contribution in [2.45, 2.75) is 13.8 Å². The molecular weight excluding hydrogens is 318 g/mol. The summed E-state index contributed by atoms with van der Waals surface area (Å²) in [6, 6.07) is 3.21. The molecule has 1 rings (SSSR count). The van der Waals surface area contributed by atoms with Crippen molar-refractivity contribution in [2.24, 2.45) is 4.99 Å². The highest BCUT2D eigenvalue weighted by atomic mass is 16.5. The van der Waals surface area contributed by atoms with Crippen LogP contribution in [0.1, 0.15) is 13.8 Å². The molecule has 1 heterocycles. The highest BCUT2D eigenvalue weighted by molar-refractivity contribution is 5.96. The fourth-order valence-electron chi connectivity index (χ4n) is 1.56. The van der Waals surface area contributed by atoms with Gasteiger partial charge in [0.25, 0.3) is 6.02 Å². The number of amidine groups is 1. The van der Waals surface area contributed by atoms with Gasteiger partial charge in [0.1, 0.15) is 18.0 Å². The van der Waals surface area contributed by atoms with E-state index < -0.39 is 23.1 Å². The number of hydrogen-bond donors (Lipinski definition) is 2. The Labute approximate surface area is 138 Å². The Balaban J connectivity index is 3.41. The van der Waals surface area contributed by atoms with Crippen molar-refractivity contribution in [3.8, 4) is 12.1 Å². The number of carbonyl (C=O) groups excluding carboxylic acids is 2. The molecule has 0 aromatic rings. The summed E-state index contributed by atoms with van der Waals surface area (Å²) < 4.78 is 14.5. The van der Waals surface area contributed by atoms with E-state index in [0.29, 0.717) is 0 Å². The summed E-state index contributed by atoms with van der Waals surface area (Å²) in [6.45, 7) is 3.29. The third-order valence-electron chi connectivity index (χ3n) is 2.55. The first-order valence-electron chi connectivity index (χ1n) is 6.81. The van der Waals surface area contributed by atoms with Gasteiger partial charge in [0.05, 0.1) is 20.3 Å². The second kappa shape index (κ2) is 8.80. The lowest BCUT2D eigenvalue weighted by molar-refractivity contribution is -0.138. The Morgan fingerprint density at radius 1 is 1.04 bits per heavy atom. The Hall–Kier alpha value is -3.53. The number of rotatable bonds is 4. The van der Waals surface area contributed by atoms with Crippen LogP contribution in [0.25, 0.3) is 0 Å². The molecule has 0 amide bonds. The van der Waals surface area contributed by atoms with Gasteiger partial charge in [-0.25, -0.2) is 9.59 Å². The minimum absolute atomic E-state index is 0.0609. The maximum Gasteiger partial charge on any atom is 0.352 e. The van der Waals surface area contributed by atoms with Gasteiger partial charge >= 0.3 is 11.9 Å². The van der Waals surface area contributed by atoms with Crippen molar-refractivity contribution in [1.82, 2.24) is 10.6 Å². The summed E-state index contributed by atoms with van der Waals surface area (Å²) in [5.74, 6) is -2.15. The smallest absolute Gasteiger partial charge is 0.352 e. The van der Waals surface area contributed by atoms with Crippen molar-refractivity contribution in [2.75, 3.05) is 20.3 Å². The minimum Gasteiger partial charge on any atom is -0.468 e. The van der Waals surface area contributed by atoms with Gasteiger partial charge < -0.3 is 19.5 Å². The average Bonchev–Trinajstić information content (AvgIpc) is 2.56. The average molecular weight is 333 g/mol. The number of aliphatic imine (C=N–C) groups is 1. The molecule has 0 bridgehead atoms. The first kappa shape index (κ1) is 18.5. The summed E-state index contributed by atoms with van der Waals surface area (Å²) in [5, 5.41) is 23.4. The van der Waals surface area contributed by atoms with E-state index in [1.165, 1.54) is 7.11 Å². The third kappa shape index (κ3) is 4.24. The van der Waals surface area contributed by atoms with E-state index in [0.717, 1.165) is 0 Å². The number of methoxy groups -OCH3 is 1. The molecule has 24 heavy (non-hydrogen) atoms. The first-order valence-corrected chi connectivity index (χ1v) is 6.81. The molecule has 126 valence electrons. The zero-order valence-corrected chi connectivity index (χ0v) is 13.3. The molecule has 0 aromatic carbocycles. The Morgan fingerprint density at radius 3 is 2.04 bits per heavy atom. The summed E-state index contributed by atoms with van der Waals surface area (Å²) >= 11 is 0. The van der Waals surface area contributed by atoms with E-state index in [2.05, 4.69) is 15.6 Å². The standard InChI is InChI=1S/C14H15N5O5/c1-4-23-12(20)8(6-15)10-17-11(19-14(18-10)22-3)9(7-16)13(21)24-5-2/h17H,4-5H2,1-3H3,(H,18,19). The van der Waals surface area contributed by atoms with Gasteiger partial charge in [0.15, 0.2) is 17.0 Å². The number of hydrogen-bond acceptors (Lipinski definition) is 10. The van der Waals surface area contributed by atoms with E-state index in [9.17, 15) is 9.59 Å². The molecule has 0 aliphatic carbocycles. The van der Waals surface area contributed by atoms with Crippen LogP contribution in [0, 0.1) is 22.7 Å². The predicted molar refractivity (Wildman–Crippen MR) is 79.3 cm³/mol. The molecule has 0 radical (unpaired) electrons. The van der Waals surface area contributed by atoms with Crippen molar-refractivity contribution >= 4 is 18.0 Å². The highest BCUT2D eigenvalue weighted by Gasteiger charge is 2.26. The fourth-order valence-corrected chi connectivity index (χ4v) is 1.56. The van der Waals surface area contributed by atoms with E-state index >= 15 is 0 Å². The van der Waals surface area contributed by atoms with E-state index in [-0.39, 0.29) is 30.9 Å². The van der Waals surface area contributed by atoms with Crippen molar-refractivity contribution in [3.63, 3.8) is 0 Å². The van der Waals surface area contributed by atoms with Crippen LogP contribution in [-0.2, 0) is 23.8 Å². The molecule has 0 saturated carbocycles. The lowest BCUT2D eigenvalue weighted by Gasteiger charge is -2.21. The molecule has 2 N–H and O–H groups in total. The van der Waals surface area contributed by atoms with Gasteiger partial charge in [0.2, 0.25) is 0 Å². The van der Waals surface area contributed by atoms with Crippen LogP contribution in [0.5, 0.6) is 0 Å². The minimum atomic E-state index is -0.905. The number of esters is 2. The van der Waals surface area contributed by atoms with Gasteiger partial charge in [-0.3, -0.25) is 5.32 Å². The number of nitrogens with zero attached hydrogens (tertiary/aromatic N) is 3. The van der Waals surface area contributed by atoms with Gasteiger partial charge in [-0.2, -0.15) is 15.5 Å². The van der Waals surface area contributed by atoms with Gasteiger partial charge in [0, 0.05) is 0 Å². The number of ether oxygens (including phenoxy) is 3. The molecule has 0 fully saturated rings. The molecular formula is C14H15N5O5. The molecule has 0 aromatic heterocycles. The summed E-state index contributed by atoms with van der Waals surface area (Å²) in [7, 11) is 1.28. The van der Waals surface area contributed by atoms with E-state index in [1.54, 1.807) is 26.0 Å². The topological polar surface area (TPSA) is 146 Å². The molecule has 10 heteroatoms. The zero-order chi connectivity index (χ0) is 18.1. The lowest BCUT2D eigenvalue weighted by atomic mass is 10.2. The molecule has 0 atom stereocenters. The van der Waals surface area contributed by atoms with Crippen LogP contribution in [0.2, 0.25) is 0 Å². The zero-order valence-electron chi connectivity index (χ0n) is 13.3. The van der Waals surface area contributed by atoms with Crippen molar-refractivity contribution in [1.29, 1.82) is 10.5 Å². The summed E-state index contributed by atoms with van der Waals surface area (Å²) in [4.78, 5) is 27.5. The third-order valence-corrected chi connectivity index (χ3v) is 2.55. The van der Waals surface area contributed by atoms with Crippen molar-refractivity contribution < 1.29 is 23.8 Å². The van der Waals surface area contributed by atoms with E-state index in [1.807, 2.05) is 0 Å². The van der Waals surface area contributed by atoms with E-state index in [4.69, 9.17) is 24.7 Å². The van der Waals surface area contributed by atoms with Crippen LogP contribution >= 0.6 is 0 Å². The molecule has 0 spiro atoms. The number of nitrogens with one attached hydrogen (secondary N) is 2. The van der Waals surface area contributed by atoms with Crippen LogP contribution in [0.3, 0.4) is 0 Å². The monoisotopic (exact) mass is 333 g/mol. The molecule has 1 aliphatic heterocycles. The quantitative estimate of drug-likeness (QED) is 0.405. The lowest BCUT2D eigenvalue weighted by Crippen LogP contribution is -2.40. The van der Waals surface area contributed by atoms with Gasteiger partial charge in [-0.05, 0) is 13.8 Å². The summed E-state index contributed by atoms with van der Waals surface area (Å²) in [5.41, 5.74) is -0.841. The second-order valence-corrected chi connectivity index (χ2v) is 4.01. The molecule has 10 nitrogen and oxygen atoms in total. The molecule has 0 unspecified atom stereocenters. The maximum atomic E-state index is 11.8. The number of nitriles is 2. The molecule has 0 saturated heterocycles. The van der Waals surface area contributed by atoms with Crippen molar-refractivity contribution in [3.05, 3.63) is 22.8 Å². The van der Waals surface area contributed by atoms with Gasteiger partial charge in [-0.1, -0.05) is 0 Å². The first-order chi connectivity index (χ1) is 11.5. The molecule has 1 aliphatic rings. The fraction of sp³-hybridized carbons (Fsp3) is 0.357. The number of carbonyl (C=O) groups is 2. The predicted octanol–water partition coefficient (Wildman–Crippen LogP) is -0.222. The second-order valence-electron chi connectivity index (χ2n) is 4.01. The van der Waals surface area contributed by atoms with Gasteiger partial charge in [-0.15, -0.1) is 0 Å². The van der Waals surface area contributed by atoms with Crippen LogP contribution in [-0.4, -0.2) is 38.3 Å². The summed E-state index contributed by atoms with van der Waals surface area (Å²) in [6.07, 6.45) is 0. The normalized spacial score (nSPS) is 17.0. The maximum absolute atomic E-state index is 11.8. The van der Waals surface area contributed by atoms with Crippen LogP contribution in [0.4, 0.5) is 0 Å². The Kier molecular flexibility index (Phi) is 6.79. The Bertz CT molecular complexity index is 708. The highest BCUT2D eigenvalue weighted by Crippen LogP contribution is 2.14. The van der Waals surface area contributed by atoms with Crippen LogP contribution < -0.4 is 10.6 Å². The van der Waals surface area contributed by atoms with Crippen LogP contribution in [0.15, 0.2) is 27.8 Å². The largest absolute Gasteiger partial charge is 0.468 e. The Morgan fingerprint density at radius 2 is 1.58 bits per heavy atom.